The molecule has 0 aliphatic carbocycles. The summed E-state index contributed by atoms with van der Waals surface area (Å²) in [6.07, 6.45) is 1.48. The quantitative estimate of drug-likeness (QED) is 0.843. The Hall–Kier alpha value is -1.42. The molecular weight excluding hydrogens is 219 g/mol. The molecule has 17 heavy (non-hydrogen) atoms. The number of benzene rings is 1. The third kappa shape index (κ3) is 3.27. The molecular formula is C13H17FN2O. The van der Waals surface area contributed by atoms with Gasteiger partial charge in [0.25, 0.3) is 0 Å². The van der Waals surface area contributed by atoms with Gasteiger partial charge in [-0.1, -0.05) is 6.07 Å². The van der Waals surface area contributed by atoms with Crippen LogP contribution in [0.3, 0.4) is 0 Å². The van der Waals surface area contributed by atoms with Gasteiger partial charge in [0, 0.05) is 6.42 Å². The molecule has 1 saturated heterocycles. The van der Waals surface area contributed by atoms with Crippen molar-refractivity contribution in [3.05, 3.63) is 29.6 Å². The lowest BCUT2D eigenvalue weighted by atomic mass is 10.0. The van der Waals surface area contributed by atoms with E-state index in [1.807, 2.05) is 6.92 Å². The predicted molar refractivity (Wildman–Crippen MR) is 65.4 cm³/mol. The van der Waals surface area contributed by atoms with Crippen LogP contribution >= 0.6 is 0 Å². The summed E-state index contributed by atoms with van der Waals surface area (Å²) in [5.74, 6) is -0.104. The van der Waals surface area contributed by atoms with Crippen LogP contribution in [0.5, 0.6) is 0 Å². The first-order valence-corrected chi connectivity index (χ1v) is 5.92. The van der Waals surface area contributed by atoms with E-state index in [1.165, 1.54) is 6.07 Å². The van der Waals surface area contributed by atoms with Crippen molar-refractivity contribution in [2.75, 3.05) is 18.4 Å². The van der Waals surface area contributed by atoms with E-state index >= 15 is 0 Å². The van der Waals surface area contributed by atoms with Gasteiger partial charge in [-0.3, -0.25) is 4.79 Å². The Kier molecular flexibility index (Phi) is 3.74. The Bertz CT molecular complexity index is 414. The minimum atomic E-state index is -0.372. The zero-order valence-corrected chi connectivity index (χ0v) is 9.92. The molecule has 1 aromatic carbocycles. The topological polar surface area (TPSA) is 41.1 Å². The molecule has 1 aliphatic heterocycles. The number of amides is 1. The summed E-state index contributed by atoms with van der Waals surface area (Å²) in [7, 11) is 0. The second kappa shape index (κ2) is 5.27. The Morgan fingerprint density at radius 1 is 1.59 bits per heavy atom. The third-order valence-electron chi connectivity index (χ3n) is 3.04. The fourth-order valence-corrected chi connectivity index (χ4v) is 2.07. The van der Waals surface area contributed by atoms with Crippen LogP contribution < -0.4 is 10.6 Å². The van der Waals surface area contributed by atoms with Crippen molar-refractivity contribution >= 4 is 11.6 Å². The maximum absolute atomic E-state index is 13.5. The zero-order valence-electron chi connectivity index (χ0n) is 9.92. The van der Waals surface area contributed by atoms with Gasteiger partial charge in [0.15, 0.2) is 0 Å². The highest BCUT2D eigenvalue weighted by molar-refractivity contribution is 5.91. The van der Waals surface area contributed by atoms with Crippen LogP contribution in [-0.4, -0.2) is 19.0 Å². The van der Waals surface area contributed by atoms with E-state index in [0.29, 0.717) is 12.3 Å². The van der Waals surface area contributed by atoms with Gasteiger partial charge in [-0.2, -0.15) is 0 Å². The molecule has 1 unspecified atom stereocenters. The van der Waals surface area contributed by atoms with Crippen molar-refractivity contribution in [2.45, 2.75) is 19.8 Å². The van der Waals surface area contributed by atoms with Gasteiger partial charge in [-0.05, 0) is 50.0 Å². The first-order valence-electron chi connectivity index (χ1n) is 5.92. The molecule has 1 heterocycles. The Balaban J connectivity index is 1.93. The van der Waals surface area contributed by atoms with E-state index in [4.69, 9.17) is 0 Å². The molecule has 1 amide bonds. The fourth-order valence-electron chi connectivity index (χ4n) is 2.07. The van der Waals surface area contributed by atoms with Crippen molar-refractivity contribution in [3.8, 4) is 0 Å². The summed E-state index contributed by atoms with van der Waals surface area (Å²) in [6.45, 7) is 3.67. The molecule has 1 aliphatic rings. The number of carbonyl (C=O) groups excluding carboxylic acids is 1. The van der Waals surface area contributed by atoms with Crippen LogP contribution in [0.1, 0.15) is 18.4 Å². The summed E-state index contributed by atoms with van der Waals surface area (Å²) in [5.41, 5.74) is 1.12. The van der Waals surface area contributed by atoms with Crippen LogP contribution in [0.2, 0.25) is 0 Å². The van der Waals surface area contributed by atoms with E-state index in [9.17, 15) is 9.18 Å². The fraction of sp³-hybridized carbons (Fsp3) is 0.462. The highest BCUT2D eigenvalue weighted by Crippen LogP contribution is 2.17. The molecule has 1 aromatic rings. The number of anilines is 1. The minimum Gasteiger partial charge on any atom is -0.324 e. The molecule has 0 radical (unpaired) electrons. The van der Waals surface area contributed by atoms with Crippen LogP contribution in [0.15, 0.2) is 18.2 Å². The first kappa shape index (κ1) is 12.0. The first-order chi connectivity index (χ1) is 8.15. The molecule has 1 fully saturated rings. The Labute approximate surface area is 100 Å². The van der Waals surface area contributed by atoms with Crippen LogP contribution in [0.25, 0.3) is 0 Å². The highest BCUT2D eigenvalue weighted by Gasteiger charge is 2.18. The van der Waals surface area contributed by atoms with Gasteiger partial charge in [0.05, 0.1) is 5.69 Å². The van der Waals surface area contributed by atoms with Gasteiger partial charge in [-0.15, -0.1) is 0 Å². The summed E-state index contributed by atoms with van der Waals surface area (Å²) >= 11 is 0. The van der Waals surface area contributed by atoms with Crippen LogP contribution in [-0.2, 0) is 4.79 Å². The molecule has 4 heteroatoms. The molecule has 3 nitrogen and oxygen atoms in total. The second-order valence-electron chi connectivity index (χ2n) is 4.59. The van der Waals surface area contributed by atoms with Gasteiger partial charge < -0.3 is 10.6 Å². The number of rotatable bonds is 3. The van der Waals surface area contributed by atoms with E-state index in [1.54, 1.807) is 12.1 Å². The second-order valence-corrected chi connectivity index (χ2v) is 4.59. The van der Waals surface area contributed by atoms with E-state index in [0.717, 1.165) is 25.1 Å². The average molecular weight is 236 g/mol. The lowest BCUT2D eigenvalue weighted by Gasteiger charge is -2.10. The molecule has 2 N–H and O–H groups in total. The molecule has 0 saturated carbocycles. The lowest BCUT2D eigenvalue weighted by Crippen LogP contribution is -2.18. The number of halogens is 1. The van der Waals surface area contributed by atoms with Gasteiger partial charge >= 0.3 is 0 Å². The van der Waals surface area contributed by atoms with Gasteiger partial charge in [0.2, 0.25) is 5.91 Å². The maximum Gasteiger partial charge on any atom is 0.224 e. The number of hydrogen-bond donors (Lipinski definition) is 2. The minimum absolute atomic E-state index is 0.110. The summed E-state index contributed by atoms with van der Waals surface area (Å²) < 4.78 is 13.5. The number of nitrogens with one attached hydrogen (secondary N) is 2. The van der Waals surface area contributed by atoms with Crippen molar-refractivity contribution in [3.63, 3.8) is 0 Å². The van der Waals surface area contributed by atoms with Gasteiger partial charge in [0.1, 0.15) is 5.82 Å². The van der Waals surface area contributed by atoms with Crippen molar-refractivity contribution in [1.82, 2.24) is 5.32 Å². The smallest absolute Gasteiger partial charge is 0.224 e. The van der Waals surface area contributed by atoms with Crippen molar-refractivity contribution in [2.24, 2.45) is 5.92 Å². The maximum atomic E-state index is 13.5. The SMILES string of the molecule is Cc1ccc(NC(=O)CC2CCNC2)c(F)c1. The van der Waals surface area contributed by atoms with Crippen LogP contribution in [0.4, 0.5) is 10.1 Å². The number of hydrogen-bond acceptors (Lipinski definition) is 2. The highest BCUT2D eigenvalue weighted by atomic mass is 19.1. The predicted octanol–water partition coefficient (Wildman–Crippen LogP) is 2.07. The summed E-state index contributed by atoms with van der Waals surface area (Å²) in [4.78, 5) is 11.7. The number of aryl methyl sites for hydroxylation is 1. The molecule has 1 atom stereocenters. The average Bonchev–Trinajstić information content (AvgIpc) is 2.75. The molecule has 92 valence electrons. The molecule has 2 rings (SSSR count). The van der Waals surface area contributed by atoms with E-state index < -0.39 is 0 Å². The van der Waals surface area contributed by atoms with Crippen LogP contribution in [0, 0.1) is 18.7 Å². The monoisotopic (exact) mass is 236 g/mol. The van der Waals surface area contributed by atoms with Gasteiger partial charge in [-0.25, -0.2) is 4.39 Å². The third-order valence-corrected chi connectivity index (χ3v) is 3.04. The summed E-state index contributed by atoms with van der Waals surface area (Å²) in [6, 6.07) is 4.82. The largest absolute Gasteiger partial charge is 0.324 e. The molecule has 0 aromatic heterocycles. The summed E-state index contributed by atoms with van der Waals surface area (Å²) in [5, 5.41) is 5.83. The van der Waals surface area contributed by atoms with E-state index in [-0.39, 0.29) is 17.4 Å². The Morgan fingerprint density at radius 2 is 2.41 bits per heavy atom. The molecule has 0 spiro atoms. The van der Waals surface area contributed by atoms with Crippen molar-refractivity contribution in [1.29, 1.82) is 0 Å². The zero-order chi connectivity index (χ0) is 12.3. The normalized spacial score (nSPS) is 19.3. The Morgan fingerprint density at radius 3 is 3.06 bits per heavy atom. The standard InChI is InChI=1S/C13H17FN2O/c1-9-2-3-12(11(14)6-9)16-13(17)7-10-4-5-15-8-10/h2-3,6,10,15H,4-5,7-8H2,1H3,(H,16,17). The lowest BCUT2D eigenvalue weighted by molar-refractivity contribution is -0.117. The number of carbonyl (C=O) groups is 1. The van der Waals surface area contributed by atoms with Crippen molar-refractivity contribution < 1.29 is 9.18 Å². The van der Waals surface area contributed by atoms with E-state index in [2.05, 4.69) is 10.6 Å². The molecule has 0 bridgehead atoms.